The molecule has 2 aromatic rings. The molecule has 3 rings (SSSR count). The molecule has 1 aliphatic rings. The number of ether oxygens (including phenoxy) is 2. The molecule has 0 amide bonds. The zero-order valence-corrected chi connectivity index (χ0v) is 13.9. The molecule has 0 aliphatic carbocycles. The molecule has 148 valence electrons. The molecule has 5 atom stereocenters. The Labute approximate surface area is 152 Å². The minimum absolute atomic E-state index is 0.0888. The second-order valence-corrected chi connectivity index (χ2v) is 6.66. The van der Waals surface area contributed by atoms with Gasteiger partial charge in [0, 0.05) is 6.07 Å². The average molecular weight is 410 g/mol. The smallest absolute Gasteiger partial charge is 0.479 e. The number of carboxylic acids is 1. The predicted octanol–water partition coefficient (Wildman–Crippen LogP) is 0.499. The maximum Gasteiger partial charge on any atom is 0.573 e. The summed E-state index contributed by atoms with van der Waals surface area (Å²) in [6, 6.07) is 3.48. The molecule has 9 nitrogen and oxygen atoms in total. The number of anilines is 1. The molecule has 1 aromatic carbocycles. The lowest BCUT2D eigenvalue weighted by Crippen LogP contribution is -2.61. The van der Waals surface area contributed by atoms with E-state index in [1.807, 2.05) is 0 Å². The van der Waals surface area contributed by atoms with Crippen LogP contribution in [0.25, 0.3) is 10.2 Å². The molecule has 5 unspecified atom stereocenters. The number of halogens is 3. The van der Waals surface area contributed by atoms with Crippen molar-refractivity contribution in [2.75, 3.05) is 5.32 Å². The fraction of sp³-hybridized carbons (Fsp3) is 0.429. The van der Waals surface area contributed by atoms with Gasteiger partial charge in [-0.3, -0.25) is 0 Å². The molecule has 0 bridgehead atoms. The largest absolute Gasteiger partial charge is 0.573 e. The topological polar surface area (TPSA) is 141 Å². The summed E-state index contributed by atoms with van der Waals surface area (Å²) in [6.07, 6.45) is -13.4. The standard InChI is InChI=1S/C14H13F3N2O7S/c15-14(16,17)26-4-1-2-5-6(3-4)27-13(18-5)19-11-9(22)7(20)8(21)10(25-11)12(23)24/h1-3,7-11,20-22H,(H,18,19)(H,23,24). The van der Waals surface area contributed by atoms with Gasteiger partial charge in [0.15, 0.2) is 17.5 Å². The Bertz CT molecular complexity index is 846. The van der Waals surface area contributed by atoms with Crippen LogP contribution in [0.2, 0.25) is 0 Å². The van der Waals surface area contributed by atoms with Gasteiger partial charge in [-0.2, -0.15) is 0 Å². The van der Waals surface area contributed by atoms with E-state index in [9.17, 15) is 33.3 Å². The summed E-state index contributed by atoms with van der Waals surface area (Å²) >= 11 is 0.893. The first-order valence-corrected chi connectivity index (χ1v) is 8.22. The van der Waals surface area contributed by atoms with E-state index < -0.39 is 48.7 Å². The van der Waals surface area contributed by atoms with Crippen LogP contribution < -0.4 is 10.1 Å². The van der Waals surface area contributed by atoms with Crippen LogP contribution >= 0.6 is 11.3 Å². The van der Waals surface area contributed by atoms with E-state index >= 15 is 0 Å². The Hall–Kier alpha value is -2.19. The average Bonchev–Trinajstić information content (AvgIpc) is 2.95. The van der Waals surface area contributed by atoms with Crippen molar-refractivity contribution in [1.82, 2.24) is 4.98 Å². The number of aliphatic hydroxyl groups excluding tert-OH is 3. The van der Waals surface area contributed by atoms with Crippen LogP contribution in [0.3, 0.4) is 0 Å². The van der Waals surface area contributed by atoms with Crippen LogP contribution in [0.15, 0.2) is 18.2 Å². The van der Waals surface area contributed by atoms with Crippen LogP contribution in [0.5, 0.6) is 5.75 Å². The van der Waals surface area contributed by atoms with E-state index in [4.69, 9.17) is 9.84 Å². The maximum atomic E-state index is 12.3. The number of carboxylic acid groups (broad SMARTS) is 1. The van der Waals surface area contributed by atoms with Crippen LogP contribution in [0, 0.1) is 0 Å². The van der Waals surface area contributed by atoms with Crippen LogP contribution in [-0.2, 0) is 9.53 Å². The first kappa shape index (κ1) is 19.6. The molecule has 1 saturated heterocycles. The number of hydrogen-bond donors (Lipinski definition) is 5. The number of carbonyl (C=O) groups is 1. The number of thiazole rings is 1. The summed E-state index contributed by atoms with van der Waals surface area (Å²) in [5.74, 6) is -1.98. The van der Waals surface area contributed by atoms with Crippen molar-refractivity contribution in [3.05, 3.63) is 18.2 Å². The van der Waals surface area contributed by atoms with Gasteiger partial charge in [-0.15, -0.1) is 13.2 Å². The second-order valence-electron chi connectivity index (χ2n) is 5.63. The molecule has 2 heterocycles. The van der Waals surface area contributed by atoms with Crippen molar-refractivity contribution in [1.29, 1.82) is 0 Å². The van der Waals surface area contributed by atoms with Gasteiger partial charge in [-0.1, -0.05) is 11.3 Å². The van der Waals surface area contributed by atoms with Crippen molar-refractivity contribution >= 4 is 32.7 Å². The lowest BCUT2D eigenvalue weighted by molar-refractivity contribution is -0.274. The molecule has 0 radical (unpaired) electrons. The monoisotopic (exact) mass is 410 g/mol. The Morgan fingerprint density at radius 3 is 2.56 bits per heavy atom. The minimum atomic E-state index is -4.84. The Kier molecular flexibility index (Phi) is 5.14. The Morgan fingerprint density at radius 1 is 1.22 bits per heavy atom. The third kappa shape index (κ3) is 4.22. The number of nitrogens with zero attached hydrogens (tertiary/aromatic N) is 1. The second kappa shape index (κ2) is 7.09. The summed E-state index contributed by atoms with van der Waals surface area (Å²) in [7, 11) is 0. The number of alkyl halides is 3. The van der Waals surface area contributed by atoms with Gasteiger partial charge in [-0.05, 0) is 12.1 Å². The van der Waals surface area contributed by atoms with E-state index in [1.165, 1.54) is 6.07 Å². The van der Waals surface area contributed by atoms with Gasteiger partial charge >= 0.3 is 12.3 Å². The number of aromatic nitrogens is 1. The van der Waals surface area contributed by atoms with Crippen molar-refractivity contribution in [3.8, 4) is 5.75 Å². The fourth-order valence-corrected chi connectivity index (χ4v) is 3.41. The van der Waals surface area contributed by atoms with Crippen LogP contribution in [0.4, 0.5) is 18.3 Å². The van der Waals surface area contributed by atoms with Gasteiger partial charge in [0.25, 0.3) is 0 Å². The third-order valence-corrected chi connectivity index (χ3v) is 4.67. The number of rotatable bonds is 4. The quantitative estimate of drug-likeness (QED) is 0.487. The first-order valence-electron chi connectivity index (χ1n) is 7.40. The molecule has 1 fully saturated rings. The van der Waals surface area contributed by atoms with Gasteiger partial charge in [0.2, 0.25) is 0 Å². The highest BCUT2D eigenvalue weighted by Crippen LogP contribution is 2.33. The molecular weight excluding hydrogens is 397 g/mol. The normalized spacial score (nSPS) is 28.9. The number of nitrogens with one attached hydrogen (secondary N) is 1. The molecule has 1 aliphatic heterocycles. The molecule has 13 heteroatoms. The van der Waals surface area contributed by atoms with Crippen molar-refractivity contribution in [2.45, 2.75) is 37.0 Å². The van der Waals surface area contributed by atoms with Crippen LogP contribution in [-0.4, -0.2) is 68.4 Å². The van der Waals surface area contributed by atoms with Crippen molar-refractivity contribution in [2.24, 2.45) is 0 Å². The predicted molar refractivity (Wildman–Crippen MR) is 84.2 cm³/mol. The van der Waals surface area contributed by atoms with Crippen LogP contribution in [0.1, 0.15) is 0 Å². The SMILES string of the molecule is O=C(O)C1OC(Nc2nc3ccc(OC(F)(F)F)cc3s2)C(O)C(O)C1O. The Balaban J connectivity index is 1.80. The third-order valence-electron chi connectivity index (χ3n) is 3.72. The van der Waals surface area contributed by atoms with Gasteiger partial charge in [0.1, 0.15) is 24.1 Å². The Morgan fingerprint density at radius 2 is 1.93 bits per heavy atom. The highest BCUT2D eigenvalue weighted by atomic mass is 32.1. The minimum Gasteiger partial charge on any atom is -0.479 e. The summed E-state index contributed by atoms with van der Waals surface area (Å²) in [5, 5.41) is 41.0. The summed E-state index contributed by atoms with van der Waals surface area (Å²) in [6.45, 7) is 0. The number of aliphatic carboxylic acids is 1. The molecule has 5 N–H and O–H groups in total. The number of aliphatic hydroxyl groups is 3. The summed E-state index contributed by atoms with van der Waals surface area (Å²) in [5.41, 5.74) is 0.317. The number of fused-ring (bicyclic) bond motifs is 1. The maximum absolute atomic E-state index is 12.3. The van der Waals surface area contributed by atoms with Crippen molar-refractivity contribution < 1.29 is 47.9 Å². The summed E-state index contributed by atoms with van der Waals surface area (Å²) in [4.78, 5) is 15.2. The van der Waals surface area contributed by atoms with Gasteiger partial charge in [0.05, 0.1) is 10.2 Å². The molecule has 27 heavy (non-hydrogen) atoms. The van der Waals surface area contributed by atoms with E-state index in [1.54, 1.807) is 0 Å². The number of benzene rings is 1. The van der Waals surface area contributed by atoms with Crippen molar-refractivity contribution in [3.63, 3.8) is 0 Å². The first-order chi connectivity index (χ1) is 12.5. The van der Waals surface area contributed by atoms with E-state index in [0.29, 0.717) is 10.2 Å². The van der Waals surface area contributed by atoms with E-state index in [0.717, 1.165) is 23.5 Å². The number of hydrogen-bond acceptors (Lipinski definition) is 9. The summed E-state index contributed by atoms with van der Waals surface area (Å²) < 4.78 is 46.1. The lowest BCUT2D eigenvalue weighted by Gasteiger charge is -2.38. The molecule has 0 saturated carbocycles. The lowest BCUT2D eigenvalue weighted by atomic mass is 9.98. The van der Waals surface area contributed by atoms with Gasteiger partial charge < -0.3 is 35.2 Å². The van der Waals surface area contributed by atoms with Gasteiger partial charge in [-0.25, -0.2) is 9.78 Å². The zero-order chi connectivity index (χ0) is 19.9. The highest BCUT2D eigenvalue weighted by Gasteiger charge is 2.47. The molecular formula is C14H13F3N2O7S. The zero-order valence-electron chi connectivity index (χ0n) is 13.1. The van der Waals surface area contributed by atoms with E-state index in [-0.39, 0.29) is 5.13 Å². The molecule has 0 spiro atoms. The van der Waals surface area contributed by atoms with E-state index in [2.05, 4.69) is 15.0 Å². The molecule has 1 aromatic heterocycles. The fourth-order valence-electron chi connectivity index (χ4n) is 2.49. The highest BCUT2D eigenvalue weighted by molar-refractivity contribution is 7.22.